The van der Waals surface area contributed by atoms with Crippen LogP contribution in [0.1, 0.15) is 12.5 Å². The molecule has 7 heteroatoms. The molecule has 0 bridgehead atoms. The maximum Gasteiger partial charge on any atom is 0.277 e. The number of hydrazone groups is 1. The molecular formula is C21H19BrN2O4. The quantitative estimate of drug-likeness (QED) is 0.423. The molecule has 0 fully saturated rings. The van der Waals surface area contributed by atoms with Crippen molar-refractivity contribution in [1.29, 1.82) is 0 Å². The van der Waals surface area contributed by atoms with Crippen molar-refractivity contribution in [2.45, 2.75) is 6.92 Å². The molecule has 144 valence electrons. The number of fused-ring (bicyclic) bond motifs is 1. The molecule has 0 heterocycles. The number of rotatable bonds is 7. The van der Waals surface area contributed by atoms with Crippen LogP contribution in [0.4, 0.5) is 0 Å². The predicted molar refractivity (Wildman–Crippen MR) is 112 cm³/mol. The average Bonchev–Trinajstić information content (AvgIpc) is 2.70. The molecule has 28 heavy (non-hydrogen) atoms. The highest BCUT2D eigenvalue weighted by molar-refractivity contribution is 9.10. The van der Waals surface area contributed by atoms with Gasteiger partial charge in [0.1, 0.15) is 5.75 Å². The molecule has 3 aromatic carbocycles. The summed E-state index contributed by atoms with van der Waals surface area (Å²) in [5, 5.41) is 16.0. The normalized spacial score (nSPS) is 10.9. The number of amides is 1. The second-order valence-corrected chi connectivity index (χ2v) is 6.73. The molecule has 0 unspecified atom stereocenters. The minimum absolute atomic E-state index is 0.0202. The predicted octanol–water partition coefficient (Wildman–Crippen LogP) is 4.24. The van der Waals surface area contributed by atoms with E-state index in [1.165, 1.54) is 6.21 Å². The zero-order valence-corrected chi connectivity index (χ0v) is 16.8. The summed E-state index contributed by atoms with van der Waals surface area (Å²) < 4.78 is 11.4. The Hall–Kier alpha value is -3.06. The fraction of sp³-hybridized carbons (Fsp3) is 0.143. The van der Waals surface area contributed by atoms with E-state index >= 15 is 0 Å². The van der Waals surface area contributed by atoms with E-state index in [2.05, 4.69) is 26.5 Å². The molecule has 0 radical (unpaired) electrons. The van der Waals surface area contributed by atoms with Crippen LogP contribution < -0.4 is 14.9 Å². The van der Waals surface area contributed by atoms with Crippen molar-refractivity contribution >= 4 is 38.8 Å². The Morgan fingerprint density at radius 3 is 2.71 bits per heavy atom. The lowest BCUT2D eigenvalue weighted by atomic mass is 10.1. The molecule has 2 N–H and O–H groups in total. The van der Waals surface area contributed by atoms with E-state index in [1.807, 2.05) is 49.4 Å². The molecule has 0 aliphatic carbocycles. The van der Waals surface area contributed by atoms with E-state index in [9.17, 15) is 9.90 Å². The summed E-state index contributed by atoms with van der Waals surface area (Å²) >= 11 is 3.26. The van der Waals surface area contributed by atoms with Crippen LogP contribution in [0.5, 0.6) is 17.2 Å². The lowest BCUT2D eigenvalue weighted by Crippen LogP contribution is -2.24. The molecule has 0 atom stereocenters. The van der Waals surface area contributed by atoms with Gasteiger partial charge >= 0.3 is 0 Å². The maximum absolute atomic E-state index is 11.9. The number of nitrogens with one attached hydrogen (secondary N) is 1. The van der Waals surface area contributed by atoms with Gasteiger partial charge in [0.2, 0.25) is 0 Å². The summed E-state index contributed by atoms with van der Waals surface area (Å²) in [6, 6.07) is 16.9. The molecule has 0 aromatic heterocycles. The van der Waals surface area contributed by atoms with Crippen LogP contribution in [-0.2, 0) is 4.79 Å². The van der Waals surface area contributed by atoms with Crippen LogP contribution in [0.2, 0.25) is 0 Å². The fourth-order valence-corrected chi connectivity index (χ4v) is 3.01. The van der Waals surface area contributed by atoms with Crippen molar-refractivity contribution in [2.75, 3.05) is 13.2 Å². The Morgan fingerprint density at radius 2 is 1.93 bits per heavy atom. The summed E-state index contributed by atoms with van der Waals surface area (Å²) in [4.78, 5) is 11.9. The van der Waals surface area contributed by atoms with Crippen molar-refractivity contribution < 1.29 is 19.4 Å². The van der Waals surface area contributed by atoms with Gasteiger partial charge in [0.25, 0.3) is 5.91 Å². The first-order chi connectivity index (χ1) is 13.6. The summed E-state index contributed by atoms with van der Waals surface area (Å²) in [5.41, 5.74) is 3.07. The topological polar surface area (TPSA) is 80.2 Å². The molecule has 3 rings (SSSR count). The van der Waals surface area contributed by atoms with Crippen LogP contribution in [0.25, 0.3) is 10.8 Å². The van der Waals surface area contributed by atoms with E-state index in [4.69, 9.17) is 9.47 Å². The van der Waals surface area contributed by atoms with Crippen molar-refractivity contribution in [2.24, 2.45) is 5.10 Å². The highest BCUT2D eigenvalue weighted by Crippen LogP contribution is 2.35. The number of hydrogen-bond acceptors (Lipinski definition) is 5. The summed E-state index contributed by atoms with van der Waals surface area (Å²) in [5.74, 6) is 0.588. The van der Waals surface area contributed by atoms with E-state index in [-0.39, 0.29) is 18.3 Å². The van der Waals surface area contributed by atoms with Gasteiger partial charge < -0.3 is 14.6 Å². The molecule has 6 nitrogen and oxygen atoms in total. The first kappa shape index (κ1) is 19.7. The zero-order chi connectivity index (χ0) is 19.9. The van der Waals surface area contributed by atoms with Crippen molar-refractivity contribution in [3.63, 3.8) is 0 Å². The van der Waals surface area contributed by atoms with Crippen LogP contribution in [-0.4, -0.2) is 30.4 Å². The summed E-state index contributed by atoms with van der Waals surface area (Å²) in [6.07, 6.45) is 1.46. The van der Waals surface area contributed by atoms with Gasteiger partial charge in [-0.2, -0.15) is 5.10 Å². The number of nitrogens with zero attached hydrogens (tertiary/aromatic N) is 1. The van der Waals surface area contributed by atoms with Gasteiger partial charge in [-0.3, -0.25) is 4.79 Å². The molecule has 0 saturated heterocycles. The highest BCUT2D eigenvalue weighted by Gasteiger charge is 2.08. The molecule has 0 spiro atoms. The van der Waals surface area contributed by atoms with Gasteiger partial charge in [0, 0.05) is 0 Å². The van der Waals surface area contributed by atoms with E-state index in [0.717, 1.165) is 10.8 Å². The average molecular weight is 443 g/mol. The molecule has 0 aliphatic heterocycles. The number of benzene rings is 3. The van der Waals surface area contributed by atoms with Crippen molar-refractivity contribution in [1.82, 2.24) is 5.43 Å². The Labute approximate surface area is 170 Å². The van der Waals surface area contributed by atoms with Gasteiger partial charge in [-0.05, 0) is 63.5 Å². The van der Waals surface area contributed by atoms with E-state index in [1.54, 1.807) is 12.1 Å². The number of carbonyl (C=O) groups excluding carboxylic acids is 1. The van der Waals surface area contributed by atoms with E-state index in [0.29, 0.717) is 28.1 Å². The Morgan fingerprint density at radius 1 is 1.14 bits per heavy atom. The molecule has 1 amide bonds. The highest BCUT2D eigenvalue weighted by atomic mass is 79.9. The second kappa shape index (κ2) is 9.23. The van der Waals surface area contributed by atoms with Crippen LogP contribution >= 0.6 is 15.9 Å². The van der Waals surface area contributed by atoms with Crippen LogP contribution in [0, 0.1) is 0 Å². The number of phenols is 1. The van der Waals surface area contributed by atoms with Crippen molar-refractivity contribution in [3.05, 3.63) is 64.6 Å². The Kier molecular flexibility index (Phi) is 6.49. The lowest BCUT2D eigenvalue weighted by Gasteiger charge is -2.08. The standard InChI is InChI=1S/C21H19BrN2O4/c1-2-27-19-10-14(9-18(22)21(19)26)12-23-24-20(25)13-28-17-8-7-15-5-3-4-6-16(15)11-17/h3-12,26H,2,13H2,1H3,(H,24,25). The third kappa shape index (κ3) is 5.01. The minimum Gasteiger partial charge on any atom is -0.503 e. The number of phenolic OH excluding ortho intramolecular Hbond substituents is 1. The zero-order valence-electron chi connectivity index (χ0n) is 15.2. The van der Waals surface area contributed by atoms with Gasteiger partial charge in [0.05, 0.1) is 17.3 Å². The molecule has 0 saturated carbocycles. The first-order valence-corrected chi connectivity index (χ1v) is 9.45. The maximum atomic E-state index is 11.9. The SMILES string of the molecule is CCOc1cc(C=NNC(=O)COc2ccc3ccccc3c2)cc(Br)c1O. The Balaban J connectivity index is 1.56. The number of hydrogen-bond donors (Lipinski definition) is 2. The van der Waals surface area contributed by atoms with Gasteiger partial charge in [-0.1, -0.05) is 30.3 Å². The van der Waals surface area contributed by atoms with E-state index < -0.39 is 0 Å². The summed E-state index contributed by atoms with van der Waals surface area (Å²) in [6.45, 7) is 2.09. The molecular weight excluding hydrogens is 424 g/mol. The van der Waals surface area contributed by atoms with Gasteiger partial charge in [-0.25, -0.2) is 5.43 Å². The monoisotopic (exact) mass is 442 g/mol. The molecule has 3 aromatic rings. The van der Waals surface area contributed by atoms with Gasteiger partial charge in [-0.15, -0.1) is 0 Å². The van der Waals surface area contributed by atoms with Gasteiger partial charge in [0.15, 0.2) is 18.1 Å². The largest absolute Gasteiger partial charge is 0.503 e. The number of aromatic hydroxyl groups is 1. The number of carbonyl (C=O) groups is 1. The van der Waals surface area contributed by atoms with Crippen molar-refractivity contribution in [3.8, 4) is 17.2 Å². The smallest absolute Gasteiger partial charge is 0.277 e. The second-order valence-electron chi connectivity index (χ2n) is 5.87. The number of ether oxygens (including phenoxy) is 2. The van der Waals surface area contributed by atoms with Crippen LogP contribution in [0.15, 0.2) is 64.2 Å². The number of halogens is 1. The Bertz CT molecular complexity index is 1020. The lowest BCUT2D eigenvalue weighted by molar-refractivity contribution is -0.123. The third-order valence-corrected chi connectivity index (χ3v) is 4.45. The van der Waals surface area contributed by atoms with Crippen LogP contribution in [0.3, 0.4) is 0 Å². The fourth-order valence-electron chi connectivity index (χ4n) is 2.55. The third-order valence-electron chi connectivity index (χ3n) is 3.84. The minimum atomic E-state index is -0.382. The summed E-state index contributed by atoms with van der Waals surface area (Å²) in [7, 11) is 0. The first-order valence-electron chi connectivity index (χ1n) is 8.65. The molecule has 0 aliphatic rings.